The summed E-state index contributed by atoms with van der Waals surface area (Å²) < 4.78 is 3.76. The van der Waals surface area contributed by atoms with Crippen molar-refractivity contribution < 1.29 is 0 Å². The van der Waals surface area contributed by atoms with E-state index in [1.807, 2.05) is 42.3 Å². The van der Waals surface area contributed by atoms with Gasteiger partial charge in [0.05, 0.1) is 11.9 Å². The van der Waals surface area contributed by atoms with E-state index in [1.165, 1.54) is 24.8 Å². The van der Waals surface area contributed by atoms with Gasteiger partial charge in [-0.05, 0) is 30.9 Å². The zero-order valence-corrected chi connectivity index (χ0v) is 13.5. The Labute approximate surface area is 139 Å². The maximum absolute atomic E-state index is 6.24. The van der Waals surface area contributed by atoms with Crippen molar-refractivity contribution in [3.63, 3.8) is 0 Å². The van der Waals surface area contributed by atoms with Crippen molar-refractivity contribution in [2.75, 3.05) is 5.73 Å². The number of nitrogen functional groups attached to an aromatic ring is 1. The van der Waals surface area contributed by atoms with Crippen molar-refractivity contribution in [3.05, 3.63) is 42.4 Å². The Morgan fingerprint density at radius 1 is 1.21 bits per heavy atom. The Kier molecular flexibility index (Phi) is 2.71. The van der Waals surface area contributed by atoms with Crippen LogP contribution in [0.2, 0.25) is 0 Å². The second-order valence-electron chi connectivity index (χ2n) is 6.56. The molecule has 120 valence electrons. The summed E-state index contributed by atoms with van der Waals surface area (Å²) in [7, 11) is 2.00. The third-order valence-electron chi connectivity index (χ3n) is 5.10. The maximum atomic E-state index is 6.24. The normalized spacial score (nSPS) is 15.2. The van der Waals surface area contributed by atoms with Crippen LogP contribution in [0.5, 0.6) is 0 Å². The molecule has 3 aliphatic rings. The number of nitrogens with two attached hydrogens (primary N) is 1. The van der Waals surface area contributed by atoms with Gasteiger partial charge in [0.2, 0.25) is 0 Å². The minimum Gasteiger partial charge on any atom is -0.384 e. The quantitative estimate of drug-likeness (QED) is 0.616. The van der Waals surface area contributed by atoms with Gasteiger partial charge in [-0.3, -0.25) is 0 Å². The molecular formula is C18H18N6. The summed E-state index contributed by atoms with van der Waals surface area (Å²) in [5.74, 6) is 2.12. The minimum absolute atomic E-state index is 0.567. The lowest BCUT2D eigenvalue weighted by molar-refractivity contribution is 0.421. The average molecular weight is 318 g/mol. The fourth-order valence-corrected chi connectivity index (χ4v) is 3.52. The van der Waals surface area contributed by atoms with E-state index in [9.17, 15) is 0 Å². The second-order valence-corrected chi connectivity index (χ2v) is 6.56. The van der Waals surface area contributed by atoms with E-state index in [0.29, 0.717) is 11.7 Å². The lowest BCUT2D eigenvalue weighted by atomic mass is 9.81. The summed E-state index contributed by atoms with van der Waals surface area (Å²) in [6.45, 7) is 0. The number of hydrogen-bond acceptors (Lipinski definition) is 4. The molecule has 2 N–H and O–H groups in total. The van der Waals surface area contributed by atoms with Crippen molar-refractivity contribution in [2.24, 2.45) is 7.05 Å². The number of pyridine rings is 1. The Hall–Kier alpha value is -2.89. The number of rotatable bonds is 2. The van der Waals surface area contributed by atoms with Gasteiger partial charge < -0.3 is 10.3 Å². The van der Waals surface area contributed by atoms with Gasteiger partial charge in [-0.15, -0.1) is 0 Å². The van der Waals surface area contributed by atoms with Crippen LogP contribution in [-0.2, 0) is 7.05 Å². The Balaban J connectivity index is 1.72. The Morgan fingerprint density at radius 3 is 2.88 bits per heavy atom. The van der Waals surface area contributed by atoms with Crippen molar-refractivity contribution in [1.82, 2.24) is 24.1 Å². The molecule has 0 spiro atoms. The fourth-order valence-electron chi connectivity index (χ4n) is 3.52. The largest absolute Gasteiger partial charge is 0.384 e. The molecule has 6 nitrogen and oxygen atoms in total. The zero-order chi connectivity index (χ0) is 16.3. The molecule has 0 saturated heterocycles. The van der Waals surface area contributed by atoms with Crippen LogP contribution in [0.4, 0.5) is 5.82 Å². The van der Waals surface area contributed by atoms with E-state index in [0.717, 1.165) is 28.3 Å². The van der Waals surface area contributed by atoms with Gasteiger partial charge in [0.15, 0.2) is 5.65 Å². The highest BCUT2D eigenvalue weighted by molar-refractivity contribution is 5.82. The maximum Gasteiger partial charge on any atom is 0.161 e. The van der Waals surface area contributed by atoms with Gasteiger partial charge in [-0.2, -0.15) is 9.61 Å². The molecule has 24 heavy (non-hydrogen) atoms. The van der Waals surface area contributed by atoms with Gasteiger partial charge in [-0.25, -0.2) is 9.97 Å². The van der Waals surface area contributed by atoms with Crippen LogP contribution in [-0.4, -0.2) is 24.1 Å². The van der Waals surface area contributed by atoms with Crippen LogP contribution < -0.4 is 5.73 Å². The summed E-state index contributed by atoms with van der Waals surface area (Å²) in [6, 6.07) is 5.98. The van der Waals surface area contributed by atoms with E-state index < -0.39 is 0 Å². The molecule has 5 rings (SSSR count). The summed E-state index contributed by atoms with van der Waals surface area (Å²) in [5, 5.41) is 4.43. The van der Waals surface area contributed by atoms with E-state index in [4.69, 9.17) is 10.7 Å². The van der Waals surface area contributed by atoms with Gasteiger partial charge >= 0.3 is 0 Å². The smallest absolute Gasteiger partial charge is 0.161 e. The molecule has 6 heteroatoms. The van der Waals surface area contributed by atoms with Crippen molar-refractivity contribution >= 4 is 11.5 Å². The van der Waals surface area contributed by atoms with Crippen LogP contribution in [0.3, 0.4) is 0 Å². The summed E-state index contributed by atoms with van der Waals surface area (Å²) in [5.41, 5.74) is 11.3. The number of hydrogen-bond donors (Lipinski definition) is 1. The van der Waals surface area contributed by atoms with Crippen LogP contribution in [0.1, 0.15) is 30.7 Å². The molecule has 4 heterocycles. The predicted octanol–water partition coefficient (Wildman–Crippen LogP) is 3.08. The molecular weight excluding hydrogens is 300 g/mol. The van der Waals surface area contributed by atoms with Crippen molar-refractivity contribution in [2.45, 2.75) is 25.2 Å². The molecule has 0 aromatic carbocycles. The minimum atomic E-state index is 0.567. The topological polar surface area (TPSA) is 74.0 Å². The molecule has 0 amide bonds. The molecule has 0 radical (unpaired) electrons. The lowest BCUT2D eigenvalue weighted by Crippen LogP contribution is -2.09. The molecule has 2 aliphatic heterocycles. The molecule has 0 bridgehead atoms. The monoisotopic (exact) mass is 318 g/mol. The summed E-state index contributed by atoms with van der Waals surface area (Å²) in [4.78, 5) is 9.43. The molecule has 1 aliphatic carbocycles. The van der Waals surface area contributed by atoms with Crippen LogP contribution in [0.25, 0.3) is 28.3 Å². The number of fused-ring (bicyclic) bond motifs is 2. The van der Waals surface area contributed by atoms with Gasteiger partial charge in [-0.1, -0.05) is 6.42 Å². The Bertz CT molecular complexity index is 1020. The van der Waals surface area contributed by atoms with Crippen LogP contribution in [0, 0.1) is 0 Å². The van der Waals surface area contributed by atoms with E-state index in [2.05, 4.69) is 16.1 Å². The molecule has 1 fully saturated rings. The van der Waals surface area contributed by atoms with Gasteiger partial charge in [0.1, 0.15) is 11.6 Å². The first-order valence-corrected chi connectivity index (χ1v) is 8.27. The summed E-state index contributed by atoms with van der Waals surface area (Å²) >= 11 is 0. The third-order valence-corrected chi connectivity index (χ3v) is 5.10. The fraction of sp³-hybridized carbons (Fsp3) is 0.278. The zero-order valence-electron chi connectivity index (χ0n) is 13.5. The van der Waals surface area contributed by atoms with Gasteiger partial charge in [0, 0.05) is 42.2 Å². The first kappa shape index (κ1) is 13.5. The standard InChI is InChI=1S/C18H18N6/c1-23-7-3-6-12-14(9-20-17(12)23)15-8-16(19)24-18(22-15)13(10-21-24)11-4-2-5-11/h3,6-11H,2,4-5,19H2,1H3. The van der Waals surface area contributed by atoms with Gasteiger partial charge in [0.25, 0.3) is 0 Å². The predicted molar refractivity (Wildman–Crippen MR) is 92.8 cm³/mol. The highest BCUT2D eigenvalue weighted by Crippen LogP contribution is 2.39. The van der Waals surface area contributed by atoms with E-state index in [1.54, 1.807) is 4.52 Å². The number of anilines is 1. The first-order valence-electron chi connectivity index (χ1n) is 8.27. The highest BCUT2D eigenvalue weighted by Gasteiger charge is 2.25. The first-order chi connectivity index (χ1) is 11.7. The molecule has 2 aromatic heterocycles. The van der Waals surface area contributed by atoms with Crippen LogP contribution in [0.15, 0.2) is 36.8 Å². The van der Waals surface area contributed by atoms with Crippen LogP contribution >= 0.6 is 0 Å². The molecule has 0 atom stereocenters. The molecule has 0 unspecified atom stereocenters. The number of aromatic nitrogens is 5. The highest BCUT2D eigenvalue weighted by atomic mass is 15.3. The lowest BCUT2D eigenvalue weighted by Gasteiger charge is -2.24. The number of aryl methyl sites for hydroxylation is 1. The average Bonchev–Trinajstić information content (AvgIpc) is 3.11. The third kappa shape index (κ3) is 1.79. The molecule has 2 aromatic rings. The van der Waals surface area contributed by atoms with Crippen molar-refractivity contribution in [3.8, 4) is 22.6 Å². The van der Waals surface area contributed by atoms with Crippen molar-refractivity contribution in [1.29, 1.82) is 0 Å². The van der Waals surface area contributed by atoms with E-state index in [-0.39, 0.29) is 0 Å². The summed E-state index contributed by atoms with van der Waals surface area (Å²) in [6.07, 6.45) is 9.50. The van der Waals surface area contributed by atoms with E-state index >= 15 is 0 Å². The number of nitrogens with zero attached hydrogens (tertiary/aromatic N) is 5. The second kappa shape index (κ2) is 4.80. The SMILES string of the molecule is Cn1cccc2c(-c3cc(N)n4ncc(C5CCC5)c4n3)cnc1-2. The molecule has 1 saturated carbocycles. The Morgan fingerprint density at radius 2 is 2.08 bits per heavy atom.